The third-order valence-corrected chi connectivity index (χ3v) is 2.58. The van der Waals surface area contributed by atoms with Crippen molar-refractivity contribution in [2.24, 2.45) is 0 Å². The molecule has 0 unspecified atom stereocenters. The Kier molecular flexibility index (Phi) is 4.36. The molecule has 5 heteroatoms. The second kappa shape index (κ2) is 6.20. The highest BCUT2D eigenvalue weighted by Crippen LogP contribution is 2.26. The zero-order valence-electron chi connectivity index (χ0n) is 10.3. The van der Waals surface area contributed by atoms with E-state index in [2.05, 4.69) is 4.98 Å². The molecule has 19 heavy (non-hydrogen) atoms. The van der Waals surface area contributed by atoms with Crippen molar-refractivity contribution in [2.45, 2.75) is 6.92 Å². The Hall–Kier alpha value is -2.07. The Balaban J connectivity index is 2.21. The summed E-state index contributed by atoms with van der Waals surface area (Å²) in [5.74, 6) is 0.131. The van der Waals surface area contributed by atoms with E-state index in [1.165, 1.54) is 12.3 Å². The van der Waals surface area contributed by atoms with Gasteiger partial charge in [0.25, 0.3) is 0 Å². The number of hydrogen-bond acceptors (Lipinski definition) is 4. The molecule has 2 rings (SSSR count). The Morgan fingerprint density at radius 1 is 1.42 bits per heavy atom. The largest absolute Gasteiger partial charge is 0.464 e. The number of halogens is 1. The van der Waals surface area contributed by atoms with Gasteiger partial charge in [-0.1, -0.05) is 11.6 Å². The summed E-state index contributed by atoms with van der Waals surface area (Å²) in [6.45, 7) is 2.07. The van der Waals surface area contributed by atoms with Gasteiger partial charge in [0.2, 0.25) is 0 Å². The molecule has 1 aromatic carbocycles. The minimum absolute atomic E-state index is 0.330. The number of rotatable bonds is 4. The molecular weight excluding hydrogens is 266 g/mol. The van der Waals surface area contributed by atoms with E-state index >= 15 is 0 Å². The third kappa shape index (κ3) is 3.45. The van der Waals surface area contributed by atoms with E-state index < -0.39 is 5.97 Å². The minimum atomic E-state index is -0.445. The van der Waals surface area contributed by atoms with Crippen LogP contribution >= 0.6 is 11.6 Å². The molecule has 0 bridgehead atoms. The number of aromatic nitrogens is 1. The molecule has 0 atom stereocenters. The molecule has 0 fully saturated rings. The Labute approximate surface area is 115 Å². The predicted molar refractivity (Wildman–Crippen MR) is 73.2 cm³/mol. The number of ether oxygens (including phenoxy) is 2. The lowest BCUT2D eigenvalue weighted by Crippen LogP contribution is -1.99. The first kappa shape index (κ1) is 13.4. The maximum absolute atomic E-state index is 11.1. The number of hydrogen-bond donors (Lipinski definition) is 0. The van der Waals surface area contributed by atoms with Crippen LogP contribution in [0.1, 0.15) is 6.92 Å². The molecule has 0 N–H and O–H groups in total. The van der Waals surface area contributed by atoms with Crippen molar-refractivity contribution in [3.05, 3.63) is 47.8 Å². The van der Waals surface area contributed by atoms with Gasteiger partial charge in [0.05, 0.1) is 24.5 Å². The molecule has 0 aliphatic heterocycles. The summed E-state index contributed by atoms with van der Waals surface area (Å²) < 4.78 is 10.2. The normalized spacial score (nSPS) is 10.8. The fraction of sp³-hybridized carbons (Fsp3) is 0.143. The first-order valence-electron chi connectivity index (χ1n) is 5.75. The van der Waals surface area contributed by atoms with Crippen molar-refractivity contribution in [3.8, 4) is 5.75 Å². The Morgan fingerprint density at radius 3 is 3.05 bits per heavy atom. The minimum Gasteiger partial charge on any atom is -0.464 e. The second-order valence-corrected chi connectivity index (χ2v) is 4.08. The van der Waals surface area contributed by atoms with Gasteiger partial charge in [-0.15, -0.1) is 0 Å². The van der Waals surface area contributed by atoms with Gasteiger partial charge in [-0.2, -0.15) is 0 Å². The molecule has 0 aliphatic carbocycles. The van der Waals surface area contributed by atoms with Crippen LogP contribution in [0.4, 0.5) is 0 Å². The van der Waals surface area contributed by atoms with Gasteiger partial charge in [-0.3, -0.25) is 4.98 Å². The summed E-state index contributed by atoms with van der Waals surface area (Å²) in [7, 11) is 0. The first-order chi connectivity index (χ1) is 9.20. The quantitative estimate of drug-likeness (QED) is 0.488. The fourth-order valence-corrected chi connectivity index (χ4v) is 1.72. The van der Waals surface area contributed by atoms with Gasteiger partial charge in [-0.05, 0) is 31.2 Å². The lowest BCUT2D eigenvalue weighted by atomic mass is 10.2. The summed E-state index contributed by atoms with van der Waals surface area (Å²) in [6, 6.07) is 7.03. The summed E-state index contributed by atoms with van der Waals surface area (Å²) >= 11 is 5.94. The highest BCUT2D eigenvalue weighted by molar-refractivity contribution is 6.31. The van der Waals surface area contributed by atoms with E-state index in [0.29, 0.717) is 17.4 Å². The van der Waals surface area contributed by atoms with E-state index in [4.69, 9.17) is 21.1 Å². The molecule has 0 saturated heterocycles. The van der Waals surface area contributed by atoms with Gasteiger partial charge in [0.15, 0.2) is 0 Å². The molecule has 1 heterocycles. The SMILES string of the molecule is CCOC(=O)/C=C/Oc1ccnc2ccc(Cl)cc12. The Morgan fingerprint density at radius 2 is 2.26 bits per heavy atom. The van der Waals surface area contributed by atoms with Crippen LogP contribution in [0.15, 0.2) is 42.8 Å². The predicted octanol–water partition coefficient (Wildman–Crippen LogP) is 3.34. The van der Waals surface area contributed by atoms with Crippen molar-refractivity contribution in [3.63, 3.8) is 0 Å². The summed E-state index contributed by atoms with van der Waals surface area (Å²) in [5, 5.41) is 1.38. The second-order valence-electron chi connectivity index (χ2n) is 3.64. The summed E-state index contributed by atoms with van der Waals surface area (Å²) in [6.07, 6.45) is 4.14. The van der Waals surface area contributed by atoms with Crippen LogP contribution < -0.4 is 4.74 Å². The van der Waals surface area contributed by atoms with Gasteiger partial charge in [-0.25, -0.2) is 4.79 Å². The molecule has 0 spiro atoms. The molecule has 0 saturated carbocycles. The highest BCUT2D eigenvalue weighted by Gasteiger charge is 2.03. The number of pyridine rings is 1. The number of nitrogens with zero attached hydrogens (tertiary/aromatic N) is 1. The molecule has 0 amide bonds. The molecular formula is C14H12ClNO3. The van der Waals surface area contributed by atoms with Crippen molar-refractivity contribution in [1.82, 2.24) is 4.98 Å². The molecule has 0 radical (unpaired) electrons. The number of esters is 1. The van der Waals surface area contributed by atoms with Crippen molar-refractivity contribution >= 4 is 28.5 Å². The van der Waals surface area contributed by atoms with Gasteiger partial charge < -0.3 is 9.47 Å². The lowest BCUT2D eigenvalue weighted by Gasteiger charge is -2.05. The summed E-state index contributed by atoms with van der Waals surface area (Å²) in [5.41, 5.74) is 0.770. The van der Waals surface area contributed by atoms with E-state index in [1.54, 1.807) is 37.4 Å². The smallest absolute Gasteiger partial charge is 0.333 e. The number of carbonyl (C=O) groups is 1. The van der Waals surface area contributed by atoms with E-state index in [9.17, 15) is 4.79 Å². The highest BCUT2D eigenvalue weighted by atomic mass is 35.5. The zero-order chi connectivity index (χ0) is 13.7. The van der Waals surface area contributed by atoms with Crippen LogP contribution in [0.5, 0.6) is 5.75 Å². The van der Waals surface area contributed by atoms with Crippen LogP contribution in [0.3, 0.4) is 0 Å². The first-order valence-corrected chi connectivity index (χ1v) is 6.12. The zero-order valence-corrected chi connectivity index (χ0v) is 11.1. The maximum Gasteiger partial charge on any atom is 0.333 e. The molecule has 4 nitrogen and oxygen atoms in total. The molecule has 98 valence electrons. The third-order valence-electron chi connectivity index (χ3n) is 2.35. The molecule has 2 aromatic rings. The van der Waals surface area contributed by atoms with Crippen molar-refractivity contribution in [1.29, 1.82) is 0 Å². The maximum atomic E-state index is 11.1. The van der Waals surface area contributed by atoms with Crippen LogP contribution in [-0.2, 0) is 9.53 Å². The Bertz CT molecular complexity index is 625. The van der Waals surface area contributed by atoms with Crippen LogP contribution in [-0.4, -0.2) is 17.6 Å². The van der Waals surface area contributed by atoms with Crippen LogP contribution in [0.2, 0.25) is 5.02 Å². The van der Waals surface area contributed by atoms with E-state index in [-0.39, 0.29) is 0 Å². The van der Waals surface area contributed by atoms with Crippen molar-refractivity contribution in [2.75, 3.05) is 6.61 Å². The van der Waals surface area contributed by atoms with Crippen molar-refractivity contribution < 1.29 is 14.3 Å². The van der Waals surface area contributed by atoms with E-state index in [0.717, 1.165) is 10.9 Å². The van der Waals surface area contributed by atoms with Gasteiger partial charge in [0, 0.05) is 16.6 Å². The fourth-order valence-electron chi connectivity index (χ4n) is 1.55. The standard InChI is InChI=1S/C14H12ClNO3/c1-2-18-14(17)6-8-19-13-5-7-16-12-4-3-10(15)9-11(12)13/h3-9H,2H2,1H3/b8-6+. The average Bonchev–Trinajstić information content (AvgIpc) is 2.39. The number of fused-ring (bicyclic) bond motifs is 1. The summed E-state index contributed by atoms with van der Waals surface area (Å²) in [4.78, 5) is 15.3. The molecule has 0 aliphatic rings. The average molecular weight is 278 g/mol. The van der Waals surface area contributed by atoms with E-state index in [1.807, 2.05) is 0 Å². The van der Waals surface area contributed by atoms with Gasteiger partial charge in [0.1, 0.15) is 5.75 Å². The number of benzene rings is 1. The van der Waals surface area contributed by atoms with Gasteiger partial charge >= 0.3 is 5.97 Å². The van der Waals surface area contributed by atoms with Crippen LogP contribution in [0, 0.1) is 0 Å². The topological polar surface area (TPSA) is 48.4 Å². The molecule has 1 aromatic heterocycles. The van der Waals surface area contributed by atoms with Crippen LogP contribution in [0.25, 0.3) is 10.9 Å². The number of carbonyl (C=O) groups excluding carboxylic acids is 1. The lowest BCUT2D eigenvalue weighted by molar-refractivity contribution is -0.137. The monoisotopic (exact) mass is 277 g/mol.